The first kappa shape index (κ1) is 13.0. The topological polar surface area (TPSA) is 43.4 Å². The summed E-state index contributed by atoms with van der Waals surface area (Å²) in [6.45, 7) is 7.18. The lowest BCUT2D eigenvalue weighted by Gasteiger charge is -2.30. The van der Waals surface area contributed by atoms with Crippen LogP contribution in [0.5, 0.6) is 0 Å². The first-order valence-electron chi connectivity index (χ1n) is 6.13. The number of aromatic nitrogens is 1. The molecule has 4 nitrogen and oxygen atoms in total. The zero-order valence-electron chi connectivity index (χ0n) is 10.4. The number of hydrogen-bond donors (Lipinski definition) is 1. The summed E-state index contributed by atoms with van der Waals surface area (Å²) in [5.74, 6) is 0. The molecule has 5 heteroatoms. The second-order valence-electron chi connectivity index (χ2n) is 4.24. The van der Waals surface area contributed by atoms with E-state index in [0.717, 1.165) is 18.7 Å². The highest BCUT2D eigenvalue weighted by Crippen LogP contribution is 2.15. The fourth-order valence-corrected chi connectivity index (χ4v) is 2.85. The van der Waals surface area contributed by atoms with Crippen LogP contribution in [0.3, 0.4) is 0 Å². The van der Waals surface area contributed by atoms with Crippen LogP contribution in [0.15, 0.2) is 5.38 Å². The van der Waals surface area contributed by atoms with E-state index in [-0.39, 0.29) is 6.10 Å². The minimum absolute atomic E-state index is 0.146. The fraction of sp³-hybridized carbons (Fsp3) is 0.750. The molecular weight excluding hydrogens is 236 g/mol. The maximum absolute atomic E-state index is 5.76. The Hall–Kier alpha value is -0.490. The molecule has 1 aromatic rings. The zero-order valence-corrected chi connectivity index (χ0v) is 11.3. The highest BCUT2D eigenvalue weighted by molar-refractivity contribution is 7.09. The summed E-state index contributed by atoms with van der Waals surface area (Å²) in [5.41, 5.74) is 1.10. The van der Waals surface area contributed by atoms with Gasteiger partial charge in [0.1, 0.15) is 0 Å². The van der Waals surface area contributed by atoms with Crippen LogP contribution in [-0.2, 0) is 15.9 Å². The molecule has 1 saturated heterocycles. The van der Waals surface area contributed by atoms with Gasteiger partial charge in [0.15, 0.2) is 0 Å². The van der Waals surface area contributed by atoms with Gasteiger partial charge in [-0.25, -0.2) is 4.98 Å². The molecule has 1 aromatic heterocycles. The van der Waals surface area contributed by atoms with E-state index >= 15 is 0 Å². The first-order chi connectivity index (χ1) is 8.29. The van der Waals surface area contributed by atoms with Gasteiger partial charge in [-0.3, -0.25) is 0 Å². The van der Waals surface area contributed by atoms with Crippen molar-refractivity contribution in [3.63, 3.8) is 0 Å². The number of nitrogens with one attached hydrogen (secondary N) is 1. The molecule has 96 valence electrons. The summed E-state index contributed by atoms with van der Waals surface area (Å²) < 4.78 is 11.2. The second-order valence-corrected chi connectivity index (χ2v) is 5.18. The van der Waals surface area contributed by atoms with Crippen LogP contribution in [0.1, 0.15) is 17.6 Å². The molecule has 2 unspecified atom stereocenters. The number of ether oxygens (including phenoxy) is 2. The van der Waals surface area contributed by atoms with Gasteiger partial charge in [-0.15, -0.1) is 11.3 Å². The standard InChI is InChI=1S/C12H20N2O2S/c1-3-13-10(11-7-15-4-5-16-11)6-12-14-9(2)8-17-12/h8,10-11,13H,3-7H2,1-2H3. The molecule has 2 atom stereocenters. The van der Waals surface area contributed by atoms with E-state index in [9.17, 15) is 0 Å². The lowest BCUT2D eigenvalue weighted by atomic mass is 10.1. The minimum Gasteiger partial charge on any atom is -0.376 e. The SMILES string of the molecule is CCNC(Cc1nc(C)cs1)C1COCCO1. The van der Waals surface area contributed by atoms with Crippen LogP contribution < -0.4 is 5.32 Å². The van der Waals surface area contributed by atoms with Gasteiger partial charge in [-0.1, -0.05) is 6.92 Å². The monoisotopic (exact) mass is 256 g/mol. The third-order valence-corrected chi connectivity index (χ3v) is 3.81. The molecule has 0 aromatic carbocycles. The Labute approximate surface area is 106 Å². The van der Waals surface area contributed by atoms with Gasteiger partial charge >= 0.3 is 0 Å². The van der Waals surface area contributed by atoms with Gasteiger partial charge in [-0.05, 0) is 13.5 Å². The number of rotatable bonds is 5. The Balaban J connectivity index is 1.95. The van der Waals surface area contributed by atoms with Crippen molar-refractivity contribution in [1.82, 2.24) is 10.3 Å². The number of likely N-dealkylation sites (N-methyl/N-ethyl adjacent to an activating group) is 1. The molecule has 1 aliphatic heterocycles. The first-order valence-corrected chi connectivity index (χ1v) is 7.01. The molecule has 0 amide bonds. The van der Waals surface area contributed by atoms with E-state index in [2.05, 4.69) is 22.6 Å². The largest absolute Gasteiger partial charge is 0.376 e. The Morgan fingerprint density at radius 3 is 3.06 bits per heavy atom. The maximum Gasteiger partial charge on any atom is 0.0966 e. The van der Waals surface area contributed by atoms with E-state index in [1.807, 2.05) is 6.92 Å². The Morgan fingerprint density at radius 1 is 1.59 bits per heavy atom. The summed E-state index contributed by atoms with van der Waals surface area (Å²) in [6, 6.07) is 0.297. The predicted octanol–water partition coefficient (Wildman–Crippen LogP) is 1.39. The van der Waals surface area contributed by atoms with Gasteiger partial charge < -0.3 is 14.8 Å². The quantitative estimate of drug-likeness (QED) is 0.864. The van der Waals surface area contributed by atoms with Crippen molar-refractivity contribution < 1.29 is 9.47 Å². The van der Waals surface area contributed by atoms with Crippen LogP contribution >= 0.6 is 11.3 Å². The minimum atomic E-state index is 0.146. The molecule has 2 rings (SSSR count). The Morgan fingerprint density at radius 2 is 2.47 bits per heavy atom. The average Bonchev–Trinajstić information content (AvgIpc) is 2.75. The van der Waals surface area contributed by atoms with E-state index in [1.165, 1.54) is 5.01 Å². The highest BCUT2D eigenvalue weighted by atomic mass is 32.1. The van der Waals surface area contributed by atoms with Crippen LogP contribution in [0.4, 0.5) is 0 Å². The fourth-order valence-electron chi connectivity index (χ4n) is 2.02. The van der Waals surface area contributed by atoms with Gasteiger partial charge in [0.2, 0.25) is 0 Å². The lowest BCUT2D eigenvalue weighted by molar-refractivity contribution is -0.101. The van der Waals surface area contributed by atoms with Crippen molar-refractivity contribution in [2.45, 2.75) is 32.4 Å². The molecule has 1 aliphatic rings. The molecule has 1 N–H and O–H groups in total. The maximum atomic E-state index is 5.76. The summed E-state index contributed by atoms with van der Waals surface area (Å²) in [7, 11) is 0. The smallest absolute Gasteiger partial charge is 0.0966 e. The van der Waals surface area contributed by atoms with Crippen molar-refractivity contribution in [3.8, 4) is 0 Å². The van der Waals surface area contributed by atoms with Crippen LogP contribution in [0, 0.1) is 6.92 Å². The normalized spacial score (nSPS) is 22.6. The van der Waals surface area contributed by atoms with E-state index in [0.29, 0.717) is 25.9 Å². The molecule has 17 heavy (non-hydrogen) atoms. The van der Waals surface area contributed by atoms with Crippen molar-refractivity contribution in [1.29, 1.82) is 0 Å². The predicted molar refractivity (Wildman–Crippen MR) is 68.6 cm³/mol. The molecule has 0 radical (unpaired) electrons. The second kappa shape index (κ2) is 6.44. The van der Waals surface area contributed by atoms with Gasteiger partial charge in [0.05, 0.1) is 30.9 Å². The summed E-state index contributed by atoms with van der Waals surface area (Å²) >= 11 is 1.72. The Kier molecular flexibility index (Phi) is 4.91. The van der Waals surface area contributed by atoms with Gasteiger partial charge in [0, 0.05) is 23.5 Å². The number of nitrogens with zero attached hydrogens (tertiary/aromatic N) is 1. The summed E-state index contributed by atoms with van der Waals surface area (Å²) in [5, 5.41) is 6.73. The van der Waals surface area contributed by atoms with Crippen LogP contribution in [0.25, 0.3) is 0 Å². The number of thiazole rings is 1. The van der Waals surface area contributed by atoms with Gasteiger partial charge in [0.25, 0.3) is 0 Å². The van der Waals surface area contributed by atoms with E-state index < -0.39 is 0 Å². The number of aryl methyl sites for hydroxylation is 1. The highest BCUT2D eigenvalue weighted by Gasteiger charge is 2.25. The van der Waals surface area contributed by atoms with E-state index in [4.69, 9.17) is 9.47 Å². The lowest BCUT2D eigenvalue weighted by Crippen LogP contribution is -2.47. The molecule has 1 fully saturated rings. The van der Waals surface area contributed by atoms with Gasteiger partial charge in [-0.2, -0.15) is 0 Å². The van der Waals surface area contributed by atoms with Crippen molar-refractivity contribution in [3.05, 3.63) is 16.1 Å². The third kappa shape index (κ3) is 3.74. The summed E-state index contributed by atoms with van der Waals surface area (Å²) in [6.07, 6.45) is 1.06. The number of hydrogen-bond acceptors (Lipinski definition) is 5. The Bertz CT molecular complexity index is 337. The van der Waals surface area contributed by atoms with Crippen molar-refractivity contribution in [2.75, 3.05) is 26.4 Å². The zero-order chi connectivity index (χ0) is 12.1. The molecule has 0 bridgehead atoms. The molecule has 2 heterocycles. The van der Waals surface area contributed by atoms with Crippen LogP contribution in [-0.4, -0.2) is 43.5 Å². The molecule has 0 aliphatic carbocycles. The van der Waals surface area contributed by atoms with Crippen LogP contribution in [0.2, 0.25) is 0 Å². The molecule has 0 spiro atoms. The molecule has 0 saturated carbocycles. The third-order valence-electron chi connectivity index (χ3n) is 2.82. The molecular formula is C12H20N2O2S. The van der Waals surface area contributed by atoms with Crippen molar-refractivity contribution in [2.24, 2.45) is 0 Å². The van der Waals surface area contributed by atoms with Crippen molar-refractivity contribution >= 4 is 11.3 Å². The average molecular weight is 256 g/mol. The van der Waals surface area contributed by atoms with E-state index in [1.54, 1.807) is 11.3 Å². The summed E-state index contributed by atoms with van der Waals surface area (Å²) in [4.78, 5) is 4.51.